The zero-order valence-corrected chi connectivity index (χ0v) is 16.9. The molecule has 2 aliphatic rings. The smallest absolute Gasteiger partial charge is 0.222 e. The number of hydrogen-bond acceptors (Lipinski definition) is 3. The molecule has 0 bridgehead atoms. The van der Waals surface area contributed by atoms with Crippen molar-refractivity contribution in [3.63, 3.8) is 0 Å². The Kier molecular flexibility index (Phi) is 8.96. The second kappa shape index (κ2) is 11.2. The predicted octanol–water partition coefficient (Wildman–Crippen LogP) is 4.26. The molecule has 146 valence electrons. The molecule has 1 fully saturated rings. The van der Waals surface area contributed by atoms with Gasteiger partial charge in [-0.2, -0.15) is 0 Å². The molecule has 1 aromatic carbocycles. The molecule has 0 aliphatic carbocycles. The van der Waals surface area contributed by atoms with Crippen LogP contribution in [0.2, 0.25) is 0 Å². The van der Waals surface area contributed by atoms with Gasteiger partial charge in [-0.15, -0.1) is 0 Å². The molecule has 26 heavy (non-hydrogen) atoms. The first-order valence-corrected chi connectivity index (χ1v) is 10.5. The van der Waals surface area contributed by atoms with Crippen LogP contribution in [0.15, 0.2) is 18.2 Å². The van der Waals surface area contributed by atoms with Crippen LogP contribution in [-0.2, 0) is 17.8 Å². The fourth-order valence-electron chi connectivity index (χ4n) is 3.72. The number of nitrogens with zero attached hydrogens (tertiary/aromatic N) is 2. The number of carbonyl (C=O) groups is 1. The Morgan fingerprint density at radius 3 is 2.58 bits per heavy atom. The van der Waals surface area contributed by atoms with Crippen LogP contribution in [0.25, 0.3) is 0 Å². The van der Waals surface area contributed by atoms with Gasteiger partial charge < -0.3 is 14.5 Å². The molecule has 0 saturated carbocycles. The highest BCUT2D eigenvalue weighted by atomic mass is 16.5. The molecule has 0 radical (unpaired) electrons. The van der Waals surface area contributed by atoms with E-state index < -0.39 is 0 Å². The maximum absolute atomic E-state index is 11.8. The summed E-state index contributed by atoms with van der Waals surface area (Å²) in [5.41, 5.74) is 2.60. The van der Waals surface area contributed by atoms with Crippen LogP contribution in [0.4, 0.5) is 0 Å². The molecule has 2 heterocycles. The SMILES string of the molecule is CC.CCC(=O)N1CCc2cc(OCCCN3CCCCC3)ccc2C1. The quantitative estimate of drug-likeness (QED) is 0.711. The number of rotatable bonds is 6. The van der Waals surface area contributed by atoms with Gasteiger partial charge in [0.25, 0.3) is 0 Å². The third-order valence-corrected chi connectivity index (χ3v) is 5.18. The molecular formula is C22H36N2O2. The van der Waals surface area contributed by atoms with Crippen molar-refractivity contribution in [2.75, 3.05) is 32.8 Å². The van der Waals surface area contributed by atoms with Gasteiger partial charge in [0.15, 0.2) is 0 Å². The Bertz CT molecular complexity index is 553. The average molecular weight is 361 g/mol. The zero-order valence-electron chi connectivity index (χ0n) is 16.9. The van der Waals surface area contributed by atoms with Gasteiger partial charge in [0.05, 0.1) is 6.61 Å². The Morgan fingerprint density at radius 2 is 1.85 bits per heavy atom. The highest BCUT2D eigenvalue weighted by molar-refractivity contribution is 5.76. The van der Waals surface area contributed by atoms with Crippen molar-refractivity contribution < 1.29 is 9.53 Å². The van der Waals surface area contributed by atoms with Crippen molar-refractivity contribution in [1.82, 2.24) is 9.80 Å². The molecule has 2 aliphatic heterocycles. The second-order valence-corrected chi connectivity index (χ2v) is 6.95. The third kappa shape index (κ3) is 6.01. The number of carbonyl (C=O) groups excluding carboxylic acids is 1. The molecule has 4 nitrogen and oxygen atoms in total. The average Bonchev–Trinajstić information content (AvgIpc) is 2.72. The molecule has 0 N–H and O–H groups in total. The van der Waals surface area contributed by atoms with E-state index in [0.717, 1.165) is 44.8 Å². The van der Waals surface area contributed by atoms with Crippen molar-refractivity contribution in [1.29, 1.82) is 0 Å². The molecule has 1 saturated heterocycles. The molecule has 1 aromatic rings. The minimum Gasteiger partial charge on any atom is -0.494 e. The first-order valence-electron chi connectivity index (χ1n) is 10.5. The summed E-state index contributed by atoms with van der Waals surface area (Å²) in [5, 5.41) is 0. The Morgan fingerprint density at radius 1 is 1.08 bits per heavy atom. The van der Waals surface area contributed by atoms with Gasteiger partial charge in [-0.1, -0.05) is 33.3 Å². The lowest BCUT2D eigenvalue weighted by atomic mass is 9.99. The fraction of sp³-hybridized carbons (Fsp3) is 0.682. The molecule has 1 amide bonds. The minimum absolute atomic E-state index is 0.249. The van der Waals surface area contributed by atoms with Gasteiger partial charge in [-0.3, -0.25) is 4.79 Å². The standard InChI is InChI=1S/C20H30N2O2.C2H6/c1-2-20(23)22-13-9-17-15-19(8-7-18(17)16-22)24-14-6-12-21-10-4-3-5-11-21;1-2/h7-8,15H,2-6,9-14,16H2,1H3;1-2H3. The normalized spacial score (nSPS) is 17.1. The van der Waals surface area contributed by atoms with Gasteiger partial charge in [0.1, 0.15) is 5.75 Å². The van der Waals surface area contributed by atoms with Gasteiger partial charge >= 0.3 is 0 Å². The van der Waals surface area contributed by atoms with Crippen molar-refractivity contribution in [3.05, 3.63) is 29.3 Å². The van der Waals surface area contributed by atoms with E-state index in [9.17, 15) is 4.79 Å². The number of hydrogen-bond donors (Lipinski definition) is 0. The van der Waals surface area contributed by atoms with Crippen molar-refractivity contribution >= 4 is 5.91 Å². The van der Waals surface area contributed by atoms with Crippen molar-refractivity contribution in [2.45, 2.75) is 65.8 Å². The monoisotopic (exact) mass is 360 g/mol. The van der Waals surface area contributed by atoms with Crippen LogP contribution in [0, 0.1) is 0 Å². The van der Waals surface area contributed by atoms with Crippen LogP contribution < -0.4 is 4.74 Å². The van der Waals surface area contributed by atoms with E-state index in [-0.39, 0.29) is 5.91 Å². The molecule has 4 heteroatoms. The highest BCUT2D eigenvalue weighted by Crippen LogP contribution is 2.24. The number of likely N-dealkylation sites (tertiary alicyclic amines) is 1. The number of benzene rings is 1. The molecule has 0 unspecified atom stereocenters. The van der Waals surface area contributed by atoms with E-state index in [0.29, 0.717) is 6.42 Å². The number of ether oxygens (including phenoxy) is 1. The maximum Gasteiger partial charge on any atom is 0.222 e. The second-order valence-electron chi connectivity index (χ2n) is 6.95. The molecule has 3 rings (SSSR count). The highest BCUT2D eigenvalue weighted by Gasteiger charge is 2.19. The Balaban J connectivity index is 0.00000117. The van der Waals surface area contributed by atoms with Crippen molar-refractivity contribution in [3.8, 4) is 5.75 Å². The number of piperidine rings is 1. The largest absolute Gasteiger partial charge is 0.494 e. The van der Waals surface area contributed by atoms with E-state index in [1.54, 1.807) is 0 Å². The van der Waals surface area contributed by atoms with Gasteiger partial charge in [-0.05, 0) is 62.0 Å². The van der Waals surface area contributed by atoms with E-state index in [4.69, 9.17) is 4.74 Å². The lowest BCUT2D eigenvalue weighted by Gasteiger charge is -2.29. The Hall–Kier alpha value is -1.55. The summed E-state index contributed by atoms with van der Waals surface area (Å²) in [6.45, 7) is 12.0. The summed E-state index contributed by atoms with van der Waals surface area (Å²) in [4.78, 5) is 16.4. The van der Waals surface area contributed by atoms with Gasteiger partial charge in [0.2, 0.25) is 5.91 Å². The van der Waals surface area contributed by atoms with Crippen LogP contribution in [-0.4, -0.2) is 48.5 Å². The van der Waals surface area contributed by atoms with Crippen molar-refractivity contribution in [2.24, 2.45) is 0 Å². The van der Waals surface area contributed by atoms with Crippen LogP contribution in [0.3, 0.4) is 0 Å². The van der Waals surface area contributed by atoms with Gasteiger partial charge in [-0.25, -0.2) is 0 Å². The molecule has 0 atom stereocenters. The van der Waals surface area contributed by atoms with Crippen LogP contribution in [0.5, 0.6) is 5.75 Å². The summed E-state index contributed by atoms with van der Waals surface area (Å²) < 4.78 is 5.95. The number of amides is 1. The summed E-state index contributed by atoms with van der Waals surface area (Å²) in [5.74, 6) is 1.22. The first kappa shape index (κ1) is 20.8. The maximum atomic E-state index is 11.8. The minimum atomic E-state index is 0.249. The van der Waals surface area contributed by atoms with Gasteiger partial charge in [0, 0.05) is 26.1 Å². The topological polar surface area (TPSA) is 32.8 Å². The van der Waals surface area contributed by atoms with Crippen LogP contribution in [0.1, 0.15) is 64.0 Å². The summed E-state index contributed by atoms with van der Waals surface area (Å²) in [7, 11) is 0. The van der Waals surface area contributed by atoms with Crippen LogP contribution >= 0.6 is 0 Å². The summed E-state index contributed by atoms with van der Waals surface area (Å²) >= 11 is 0. The zero-order chi connectivity index (χ0) is 18.8. The van der Waals surface area contributed by atoms with E-state index in [2.05, 4.69) is 23.1 Å². The van der Waals surface area contributed by atoms with E-state index in [1.807, 2.05) is 25.7 Å². The number of fused-ring (bicyclic) bond motifs is 1. The van der Waals surface area contributed by atoms with E-state index in [1.165, 1.54) is 43.5 Å². The Labute approximate surface area is 159 Å². The fourth-order valence-corrected chi connectivity index (χ4v) is 3.72. The third-order valence-electron chi connectivity index (χ3n) is 5.18. The molecular weight excluding hydrogens is 324 g/mol. The summed E-state index contributed by atoms with van der Waals surface area (Å²) in [6, 6.07) is 6.36. The lowest BCUT2D eigenvalue weighted by Crippen LogP contribution is -2.35. The molecule has 0 aromatic heterocycles. The van der Waals surface area contributed by atoms with E-state index >= 15 is 0 Å². The predicted molar refractivity (Wildman–Crippen MR) is 108 cm³/mol. The summed E-state index contributed by atoms with van der Waals surface area (Å²) in [6.07, 6.45) is 6.71. The molecule has 0 spiro atoms. The first-order chi connectivity index (χ1) is 12.8. The lowest BCUT2D eigenvalue weighted by molar-refractivity contribution is -0.131.